The van der Waals surface area contributed by atoms with E-state index in [4.69, 9.17) is 18.0 Å². The zero-order valence-corrected chi connectivity index (χ0v) is 14.6. The maximum atomic E-state index is 12.2. The van der Waals surface area contributed by atoms with Gasteiger partial charge in [-0.25, -0.2) is 0 Å². The molecule has 0 heterocycles. The van der Waals surface area contributed by atoms with Crippen molar-refractivity contribution in [2.75, 3.05) is 26.7 Å². The topological polar surface area (TPSA) is 49.6 Å². The second kappa shape index (κ2) is 9.36. The van der Waals surface area contributed by atoms with Crippen LogP contribution in [0.2, 0.25) is 0 Å². The van der Waals surface area contributed by atoms with Crippen molar-refractivity contribution in [2.24, 2.45) is 11.7 Å². The van der Waals surface area contributed by atoms with Crippen molar-refractivity contribution in [1.82, 2.24) is 9.80 Å². The largest absolute Gasteiger partial charge is 0.393 e. The second-order valence-electron chi connectivity index (χ2n) is 6.61. The van der Waals surface area contributed by atoms with Crippen molar-refractivity contribution in [2.45, 2.75) is 58.4 Å². The van der Waals surface area contributed by atoms with Gasteiger partial charge in [-0.05, 0) is 18.8 Å². The van der Waals surface area contributed by atoms with Crippen LogP contribution in [0.3, 0.4) is 0 Å². The first-order chi connectivity index (χ1) is 9.90. The number of rotatable bonds is 9. The summed E-state index contributed by atoms with van der Waals surface area (Å²) in [4.78, 5) is 16.9. The van der Waals surface area contributed by atoms with Gasteiger partial charge in [-0.1, -0.05) is 38.9 Å². The van der Waals surface area contributed by atoms with Crippen molar-refractivity contribution in [3.8, 4) is 0 Å². The van der Waals surface area contributed by atoms with Crippen LogP contribution in [-0.4, -0.2) is 53.4 Å². The molecule has 2 N–H and O–H groups in total. The van der Waals surface area contributed by atoms with Gasteiger partial charge >= 0.3 is 0 Å². The highest BCUT2D eigenvalue weighted by atomic mass is 32.1. The van der Waals surface area contributed by atoms with E-state index in [0.717, 1.165) is 13.1 Å². The number of hydrogen-bond acceptors (Lipinski definition) is 3. The predicted octanol–water partition coefficient (Wildman–Crippen LogP) is 2.41. The fraction of sp³-hybridized carbons (Fsp3) is 0.875. The molecule has 0 aromatic rings. The molecule has 0 spiro atoms. The maximum absolute atomic E-state index is 12.2. The summed E-state index contributed by atoms with van der Waals surface area (Å²) in [5.41, 5.74) is 5.49. The van der Waals surface area contributed by atoms with E-state index in [-0.39, 0.29) is 5.91 Å². The molecule has 1 rings (SSSR count). The lowest BCUT2D eigenvalue weighted by Crippen LogP contribution is -2.39. The van der Waals surface area contributed by atoms with Crippen molar-refractivity contribution < 1.29 is 4.79 Å². The SMILES string of the molecule is CC(C)CN(CCC(=O)N(C)CCC(N)=S)C1CCCC1. The molecule has 1 saturated carbocycles. The Hall–Kier alpha value is -0.680. The van der Waals surface area contributed by atoms with Crippen molar-refractivity contribution >= 4 is 23.1 Å². The number of carbonyl (C=O) groups is 1. The average molecular weight is 314 g/mol. The Morgan fingerprint density at radius 3 is 2.38 bits per heavy atom. The fourth-order valence-electron chi connectivity index (χ4n) is 2.99. The summed E-state index contributed by atoms with van der Waals surface area (Å²) < 4.78 is 0. The molecular weight excluding hydrogens is 282 g/mol. The molecule has 1 amide bonds. The molecule has 5 heteroatoms. The smallest absolute Gasteiger partial charge is 0.223 e. The van der Waals surface area contributed by atoms with Crippen LogP contribution in [0.4, 0.5) is 0 Å². The van der Waals surface area contributed by atoms with Gasteiger partial charge in [0, 0.05) is 45.6 Å². The molecule has 1 aliphatic rings. The number of nitrogens with two attached hydrogens (primary N) is 1. The van der Waals surface area contributed by atoms with E-state index in [0.29, 0.717) is 36.3 Å². The Kier molecular flexibility index (Phi) is 8.19. The van der Waals surface area contributed by atoms with E-state index in [9.17, 15) is 4.79 Å². The molecule has 0 aromatic heterocycles. The number of amides is 1. The summed E-state index contributed by atoms with van der Waals surface area (Å²) in [6, 6.07) is 0.683. The first-order valence-electron chi connectivity index (χ1n) is 8.16. The first-order valence-corrected chi connectivity index (χ1v) is 8.57. The third kappa shape index (κ3) is 7.23. The number of hydrogen-bond donors (Lipinski definition) is 1. The highest BCUT2D eigenvalue weighted by Gasteiger charge is 2.23. The highest BCUT2D eigenvalue weighted by molar-refractivity contribution is 7.80. The molecule has 1 fully saturated rings. The molecule has 0 saturated heterocycles. The Balaban J connectivity index is 2.40. The number of carbonyl (C=O) groups excluding carboxylic acids is 1. The van der Waals surface area contributed by atoms with Crippen LogP contribution >= 0.6 is 12.2 Å². The fourth-order valence-corrected chi connectivity index (χ4v) is 3.09. The summed E-state index contributed by atoms with van der Waals surface area (Å²) in [6.45, 7) is 7.09. The van der Waals surface area contributed by atoms with Gasteiger partial charge in [-0.2, -0.15) is 0 Å². The third-order valence-corrected chi connectivity index (χ3v) is 4.38. The van der Waals surface area contributed by atoms with Crippen LogP contribution in [0.25, 0.3) is 0 Å². The first kappa shape index (κ1) is 18.4. The van der Waals surface area contributed by atoms with Crippen LogP contribution < -0.4 is 5.73 Å². The van der Waals surface area contributed by atoms with Crippen LogP contribution in [0.1, 0.15) is 52.4 Å². The van der Waals surface area contributed by atoms with Gasteiger partial charge in [0.25, 0.3) is 0 Å². The minimum absolute atomic E-state index is 0.193. The molecule has 0 unspecified atom stereocenters. The molecule has 0 aliphatic heterocycles. The minimum atomic E-state index is 0.193. The van der Waals surface area contributed by atoms with Crippen LogP contribution in [0.5, 0.6) is 0 Å². The van der Waals surface area contributed by atoms with Gasteiger partial charge in [0.2, 0.25) is 5.91 Å². The van der Waals surface area contributed by atoms with Gasteiger partial charge in [-0.3, -0.25) is 9.69 Å². The molecule has 0 bridgehead atoms. The van der Waals surface area contributed by atoms with E-state index in [1.807, 2.05) is 7.05 Å². The number of nitrogens with zero attached hydrogens (tertiary/aromatic N) is 2. The van der Waals surface area contributed by atoms with Gasteiger partial charge in [-0.15, -0.1) is 0 Å². The second-order valence-corrected chi connectivity index (χ2v) is 7.13. The van der Waals surface area contributed by atoms with Gasteiger partial charge < -0.3 is 10.6 Å². The standard InChI is InChI=1S/C16H31N3OS/c1-13(2)12-19(14-6-4-5-7-14)11-9-16(20)18(3)10-8-15(17)21/h13-14H,4-12H2,1-3H3,(H2,17,21). The Morgan fingerprint density at radius 2 is 1.86 bits per heavy atom. The molecule has 0 aromatic carbocycles. The monoisotopic (exact) mass is 313 g/mol. The van der Waals surface area contributed by atoms with E-state index in [1.54, 1.807) is 4.90 Å². The molecule has 0 atom stereocenters. The Bertz CT molecular complexity index is 340. The van der Waals surface area contributed by atoms with Crippen LogP contribution in [0.15, 0.2) is 0 Å². The lowest BCUT2D eigenvalue weighted by Gasteiger charge is -2.30. The Morgan fingerprint density at radius 1 is 1.24 bits per heavy atom. The molecule has 21 heavy (non-hydrogen) atoms. The quantitative estimate of drug-likeness (QED) is 0.664. The normalized spacial score (nSPS) is 15.9. The van der Waals surface area contributed by atoms with Crippen LogP contribution in [-0.2, 0) is 4.79 Å². The molecule has 122 valence electrons. The summed E-state index contributed by atoms with van der Waals surface area (Å²) in [7, 11) is 1.84. The summed E-state index contributed by atoms with van der Waals surface area (Å²) in [5.74, 6) is 0.839. The van der Waals surface area contributed by atoms with E-state index >= 15 is 0 Å². The molecular formula is C16H31N3OS. The molecule has 4 nitrogen and oxygen atoms in total. The lowest BCUT2D eigenvalue weighted by molar-refractivity contribution is -0.130. The van der Waals surface area contributed by atoms with E-state index < -0.39 is 0 Å². The number of thiocarbonyl (C=S) groups is 1. The van der Waals surface area contributed by atoms with Gasteiger partial charge in [0.1, 0.15) is 0 Å². The average Bonchev–Trinajstić information content (AvgIpc) is 2.93. The Labute approximate surface area is 135 Å². The maximum Gasteiger partial charge on any atom is 0.223 e. The van der Waals surface area contributed by atoms with Crippen molar-refractivity contribution in [3.05, 3.63) is 0 Å². The van der Waals surface area contributed by atoms with Crippen molar-refractivity contribution in [1.29, 1.82) is 0 Å². The lowest BCUT2D eigenvalue weighted by atomic mass is 10.1. The van der Waals surface area contributed by atoms with Gasteiger partial charge in [0.15, 0.2) is 0 Å². The molecule has 1 aliphatic carbocycles. The predicted molar refractivity (Wildman–Crippen MR) is 92.3 cm³/mol. The zero-order valence-electron chi connectivity index (χ0n) is 13.8. The van der Waals surface area contributed by atoms with Crippen molar-refractivity contribution in [3.63, 3.8) is 0 Å². The summed E-state index contributed by atoms with van der Waals surface area (Å²) >= 11 is 4.86. The zero-order chi connectivity index (χ0) is 15.8. The van der Waals surface area contributed by atoms with Gasteiger partial charge in [0.05, 0.1) is 4.99 Å². The highest BCUT2D eigenvalue weighted by Crippen LogP contribution is 2.24. The summed E-state index contributed by atoms with van der Waals surface area (Å²) in [5, 5.41) is 0. The third-order valence-electron chi connectivity index (χ3n) is 4.17. The van der Waals surface area contributed by atoms with E-state index in [1.165, 1.54) is 25.7 Å². The molecule has 0 radical (unpaired) electrons. The van der Waals surface area contributed by atoms with E-state index in [2.05, 4.69) is 18.7 Å². The summed E-state index contributed by atoms with van der Waals surface area (Å²) in [6.07, 6.45) is 6.45. The van der Waals surface area contributed by atoms with Crippen LogP contribution in [0, 0.1) is 5.92 Å². The minimum Gasteiger partial charge on any atom is -0.393 e.